The highest BCUT2D eigenvalue weighted by molar-refractivity contribution is 5.81. The van der Waals surface area contributed by atoms with Gasteiger partial charge in [0.1, 0.15) is 0 Å². The maximum atomic E-state index is 12.3. The predicted octanol–water partition coefficient (Wildman–Crippen LogP) is 2.74. The van der Waals surface area contributed by atoms with Crippen LogP contribution in [0.3, 0.4) is 0 Å². The van der Waals surface area contributed by atoms with Crippen LogP contribution in [0.1, 0.15) is 24.0 Å². The number of carbonyl (C=O) groups is 1. The topological polar surface area (TPSA) is 44.4 Å². The Balaban J connectivity index is 1.40. The summed E-state index contributed by atoms with van der Waals surface area (Å²) in [6.45, 7) is 3.65. The summed E-state index contributed by atoms with van der Waals surface area (Å²) in [5, 5.41) is 6.38. The van der Waals surface area contributed by atoms with Gasteiger partial charge in [0, 0.05) is 31.9 Å². The summed E-state index contributed by atoms with van der Waals surface area (Å²) in [7, 11) is 0. The van der Waals surface area contributed by atoms with Gasteiger partial charge in [0.15, 0.2) is 0 Å². The molecule has 4 nitrogen and oxygen atoms in total. The molecule has 0 saturated heterocycles. The van der Waals surface area contributed by atoms with Crippen LogP contribution in [0.4, 0.5) is 5.69 Å². The molecule has 0 aliphatic carbocycles. The van der Waals surface area contributed by atoms with Gasteiger partial charge in [-0.1, -0.05) is 48.5 Å². The van der Waals surface area contributed by atoms with Gasteiger partial charge in [0.05, 0.1) is 6.54 Å². The van der Waals surface area contributed by atoms with Crippen molar-refractivity contribution >= 4 is 11.6 Å². The highest BCUT2D eigenvalue weighted by atomic mass is 16.2. The number of carbonyl (C=O) groups excluding carboxylic acids is 1. The lowest BCUT2D eigenvalue weighted by Crippen LogP contribution is -2.40. The number of hydrogen-bond acceptors (Lipinski definition) is 3. The minimum absolute atomic E-state index is 0.0956. The van der Waals surface area contributed by atoms with Gasteiger partial charge in [-0.3, -0.25) is 4.79 Å². The summed E-state index contributed by atoms with van der Waals surface area (Å²) >= 11 is 0. The van der Waals surface area contributed by atoms with Crippen molar-refractivity contribution in [3.8, 4) is 0 Å². The van der Waals surface area contributed by atoms with Gasteiger partial charge in [-0.25, -0.2) is 0 Å². The quantitative estimate of drug-likeness (QED) is 0.764. The molecule has 2 aromatic rings. The summed E-state index contributed by atoms with van der Waals surface area (Å²) in [5.74, 6) is 0.0956. The number of rotatable bonds is 7. The minimum Gasteiger partial charge on any atom is -0.362 e. The number of fused-ring (bicyclic) bond motifs is 1. The van der Waals surface area contributed by atoms with Crippen molar-refractivity contribution in [2.24, 2.45) is 0 Å². The van der Waals surface area contributed by atoms with Gasteiger partial charge in [0.2, 0.25) is 5.91 Å². The Morgan fingerprint density at radius 2 is 1.76 bits per heavy atom. The fourth-order valence-corrected chi connectivity index (χ4v) is 3.28. The number of para-hydroxylation sites is 1. The van der Waals surface area contributed by atoms with Crippen molar-refractivity contribution < 1.29 is 4.79 Å². The first-order valence-corrected chi connectivity index (χ1v) is 9.17. The first kappa shape index (κ1) is 17.5. The highest BCUT2D eigenvalue weighted by Gasteiger charge is 2.16. The summed E-state index contributed by atoms with van der Waals surface area (Å²) in [6.07, 6.45) is 3.44. The number of nitrogens with zero attached hydrogens (tertiary/aromatic N) is 1. The number of anilines is 1. The zero-order chi connectivity index (χ0) is 17.3. The van der Waals surface area contributed by atoms with Crippen molar-refractivity contribution in [1.29, 1.82) is 0 Å². The van der Waals surface area contributed by atoms with Crippen LogP contribution in [-0.4, -0.2) is 32.1 Å². The lowest BCUT2D eigenvalue weighted by atomic mass is 10.1. The molecule has 4 heteroatoms. The second-order valence-electron chi connectivity index (χ2n) is 6.52. The van der Waals surface area contributed by atoms with E-state index in [2.05, 4.69) is 51.9 Å². The van der Waals surface area contributed by atoms with Crippen LogP contribution in [-0.2, 0) is 17.8 Å². The first-order valence-electron chi connectivity index (χ1n) is 9.17. The number of aryl methyl sites for hydroxylation is 1. The van der Waals surface area contributed by atoms with Gasteiger partial charge in [-0.05, 0) is 36.5 Å². The van der Waals surface area contributed by atoms with Crippen molar-refractivity contribution in [2.45, 2.75) is 25.8 Å². The standard InChI is InChI=1S/C21H27N3O/c25-21(23-14-13-22-16-18-8-2-1-3-9-18)17-24-15-7-6-11-19-10-4-5-12-20(19)24/h1-5,8-10,12,22H,6-7,11,13-17H2,(H,23,25). The third kappa shape index (κ3) is 5.33. The molecule has 1 aliphatic heterocycles. The van der Waals surface area contributed by atoms with E-state index in [9.17, 15) is 4.79 Å². The Morgan fingerprint density at radius 3 is 2.64 bits per heavy atom. The van der Waals surface area contributed by atoms with Crippen molar-refractivity contribution in [3.05, 3.63) is 65.7 Å². The van der Waals surface area contributed by atoms with E-state index in [-0.39, 0.29) is 5.91 Å². The van der Waals surface area contributed by atoms with Crippen LogP contribution in [0, 0.1) is 0 Å². The molecule has 2 aromatic carbocycles. The number of benzene rings is 2. The molecule has 2 N–H and O–H groups in total. The maximum Gasteiger partial charge on any atom is 0.239 e. The molecule has 132 valence electrons. The molecule has 3 rings (SSSR count). The summed E-state index contributed by atoms with van der Waals surface area (Å²) < 4.78 is 0. The first-order chi connectivity index (χ1) is 12.3. The van der Waals surface area contributed by atoms with Crippen LogP contribution in [0.15, 0.2) is 54.6 Å². The molecule has 1 amide bonds. The molecule has 0 unspecified atom stereocenters. The van der Waals surface area contributed by atoms with Crippen molar-refractivity contribution in [1.82, 2.24) is 10.6 Å². The molecule has 0 bridgehead atoms. The second kappa shape index (κ2) is 9.23. The highest BCUT2D eigenvalue weighted by Crippen LogP contribution is 2.25. The van der Waals surface area contributed by atoms with Crippen LogP contribution in [0.5, 0.6) is 0 Å². The van der Waals surface area contributed by atoms with Gasteiger partial charge < -0.3 is 15.5 Å². The Labute approximate surface area is 150 Å². The summed E-state index contributed by atoms with van der Waals surface area (Å²) in [5.41, 5.74) is 3.84. The van der Waals surface area contributed by atoms with E-state index in [4.69, 9.17) is 0 Å². The molecule has 0 saturated carbocycles. The smallest absolute Gasteiger partial charge is 0.239 e. The third-order valence-electron chi connectivity index (χ3n) is 4.59. The van der Waals surface area contributed by atoms with Gasteiger partial charge in [0.25, 0.3) is 0 Å². The maximum absolute atomic E-state index is 12.3. The Bertz CT molecular complexity index is 672. The fourth-order valence-electron chi connectivity index (χ4n) is 3.28. The number of hydrogen-bond donors (Lipinski definition) is 2. The molecular weight excluding hydrogens is 310 g/mol. The molecule has 1 aliphatic rings. The monoisotopic (exact) mass is 337 g/mol. The van der Waals surface area contributed by atoms with E-state index in [1.165, 1.54) is 23.2 Å². The number of nitrogens with one attached hydrogen (secondary N) is 2. The van der Waals surface area contributed by atoms with Gasteiger partial charge in [-0.15, -0.1) is 0 Å². The number of amides is 1. The van der Waals surface area contributed by atoms with E-state index in [0.717, 1.165) is 32.5 Å². The average molecular weight is 337 g/mol. The Kier molecular flexibility index (Phi) is 6.46. The molecular formula is C21H27N3O. The third-order valence-corrected chi connectivity index (χ3v) is 4.59. The largest absolute Gasteiger partial charge is 0.362 e. The predicted molar refractivity (Wildman–Crippen MR) is 103 cm³/mol. The van der Waals surface area contributed by atoms with Crippen molar-refractivity contribution in [3.63, 3.8) is 0 Å². The molecule has 0 aromatic heterocycles. The molecule has 25 heavy (non-hydrogen) atoms. The van der Waals surface area contributed by atoms with Crippen LogP contribution < -0.4 is 15.5 Å². The second-order valence-corrected chi connectivity index (χ2v) is 6.52. The SMILES string of the molecule is O=C(CN1CCCCc2ccccc21)NCCNCc1ccccc1. The average Bonchev–Trinajstić information content (AvgIpc) is 2.85. The van der Waals surface area contributed by atoms with E-state index in [0.29, 0.717) is 13.1 Å². The molecule has 0 atom stereocenters. The van der Waals surface area contributed by atoms with Crippen LogP contribution >= 0.6 is 0 Å². The summed E-state index contributed by atoms with van der Waals surface area (Å²) in [4.78, 5) is 14.5. The Hall–Kier alpha value is -2.33. The van der Waals surface area contributed by atoms with E-state index in [1.807, 2.05) is 18.2 Å². The minimum atomic E-state index is 0.0956. The van der Waals surface area contributed by atoms with E-state index < -0.39 is 0 Å². The lowest BCUT2D eigenvalue weighted by molar-refractivity contribution is -0.119. The Morgan fingerprint density at radius 1 is 0.960 bits per heavy atom. The van der Waals surface area contributed by atoms with Gasteiger partial charge >= 0.3 is 0 Å². The van der Waals surface area contributed by atoms with E-state index >= 15 is 0 Å². The van der Waals surface area contributed by atoms with Crippen molar-refractivity contribution in [2.75, 3.05) is 31.1 Å². The lowest BCUT2D eigenvalue weighted by Gasteiger charge is -2.24. The molecule has 1 heterocycles. The summed E-state index contributed by atoms with van der Waals surface area (Å²) in [6, 6.07) is 18.8. The molecule has 0 spiro atoms. The zero-order valence-electron chi connectivity index (χ0n) is 14.7. The molecule has 0 fully saturated rings. The van der Waals surface area contributed by atoms with Crippen LogP contribution in [0.2, 0.25) is 0 Å². The molecule has 0 radical (unpaired) electrons. The zero-order valence-corrected chi connectivity index (χ0v) is 14.7. The van der Waals surface area contributed by atoms with E-state index in [1.54, 1.807) is 0 Å². The normalized spacial score (nSPS) is 13.8. The van der Waals surface area contributed by atoms with Crippen LogP contribution in [0.25, 0.3) is 0 Å². The fraction of sp³-hybridized carbons (Fsp3) is 0.381. The van der Waals surface area contributed by atoms with Gasteiger partial charge in [-0.2, -0.15) is 0 Å².